The molecule has 0 aromatic carbocycles. The second-order valence-corrected chi connectivity index (χ2v) is 8.00. The Labute approximate surface area is 174 Å². The van der Waals surface area contributed by atoms with Crippen molar-refractivity contribution >= 4 is 17.7 Å². The number of hydrogen-bond acceptors (Lipinski definition) is 6. The third kappa shape index (κ3) is 3.72. The summed E-state index contributed by atoms with van der Waals surface area (Å²) in [4.78, 5) is 22.8. The van der Waals surface area contributed by atoms with E-state index in [0.717, 1.165) is 43.7 Å². The first kappa shape index (κ1) is 18.6. The molecule has 0 atom stereocenters. The Balaban J connectivity index is 1.14. The second kappa shape index (κ2) is 7.78. The Bertz CT molecular complexity index is 982. The van der Waals surface area contributed by atoms with E-state index in [1.165, 1.54) is 0 Å². The fraction of sp³-hybridized carbons (Fsp3) is 0.364. The van der Waals surface area contributed by atoms with Crippen LogP contribution in [0.3, 0.4) is 0 Å². The van der Waals surface area contributed by atoms with Crippen LogP contribution in [0.15, 0.2) is 61.2 Å². The molecule has 4 heterocycles. The third-order valence-corrected chi connectivity index (χ3v) is 6.00. The maximum atomic E-state index is 12.4. The van der Waals surface area contributed by atoms with E-state index in [-0.39, 0.29) is 11.7 Å². The van der Waals surface area contributed by atoms with Crippen molar-refractivity contribution in [3.63, 3.8) is 0 Å². The van der Waals surface area contributed by atoms with Crippen LogP contribution >= 0.6 is 0 Å². The average Bonchev–Trinajstić information content (AvgIpc) is 3.43. The van der Waals surface area contributed by atoms with Crippen LogP contribution in [0.2, 0.25) is 0 Å². The molecule has 1 saturated carbocycles. The van der Waals surface area contributed by atoms with Gasteiger partial charge in [-0.2, -0.15) is 5.10 Å². The van der Waals surface area contributed by atoms with Gasteiger partial charge in [-0.1, -0.05) is 6.07 Å². The Morgan fingerprint density at radius 1 is 1.10 bits per heavy atom. The molecule has 1 spiro atoms. The van der Waals surface area contributed by atoms with Gasteiger partial charge in [0.05, 0.1) is 18.4 Å². The van der Waals surface area contributed by atoms with Gasteiger partial charge in [0.1, 0.15) is 17.2 Å². The minimum atomic E-state index is -0.380. The van der Waals surface area contributed by atoms with E-state index in [1.54, 1.807) is 22.0 Å². The number of carbonyl (C=O) groups is 1. The minimum absolute atomic E-state index is 0.285. The summed E-state index contributed by atoms with van der Waals surface area (Å²) < 4.78 is 7.61. The van der Waals surface area contributed by atoms with Crippen molar-refractivity contribution in [3.8, 4) is 5.69 Å². The van der Waals surface area contributed by atoms with Crippen molar-refractivity contribution < 1.29 is 9.53 Å². The molecule has 3 aromatic rings. The first-order valence-corrected chi connectivity index (χ1v) is 10.3. The molecule has 1 saturated heterocycles. The average molecular weight is 404 g/mol. The van der Waals surface area contributed by atoms with Gasteiger partial charge in [0.2, 0.25) is 0 Å². The summed E-state index contributed by atoms with van der Waals surface area (Å²) in [5.74, 6) is 2.05. The van der Waals surface area contributed by atoms with Crippen molar-refractivity contribution in [2.24, 2.45) is 5.92 Å². The van der Waals surface area contributed by atoms with Crippen molar-refractivity contribution in [2.45, 2.75) is 31.3 Å². The molecule has 2 aliphatic rings. The van der Waals surface area contributed by atoms with Crippen LogP contribution in [0.4, 0.5) is 16.4 Å². The quantitative estimate of drug-likeness (QED) is 0.699. The monoisotopic (exact) mass is 404 g/mol. The van der Waals surface area contributed by atoms with Gasteiger partial charge in [0, 0.05) is 25.1 Å². The van der Waals surface area contributed by atoms with Crippen LogP contribution in [-0.2, 0) is 4.74 Å². The lowest BCUT2D eigenvalue weighted by molar-refractivity contribution is 0.0148. The summed E-state index contributed by atoms with van der Waals surface area (Å²) in [5.41, 5.74) is 0.556. The highest BCUT2D eigenvalue weighted by molar-refractivity contribution is 5.89. The van der Waals surface area contributed by atoms with Gasteiger partial charge in [0.25, 0.3) is 0 Å². The SMILES string of the molecule is O=C1OC2(CCC(CNc3ccc(-n4cccn4)cn3)CC2)CN1c1ccccn1. The molecular weight excluding hydrogens is 380 g/mol. The number of nitrogens with zero attached hydrogens (tertiary/aromatic N) is 5. The number of hydrogen-bond donors (Lipinski definition) is 1. The van der Waals surface area contributed by atoms with Crippen molar-refractivity contribution in [1.82, 2.24) is 19.7 Å². The molecule has 1 N–H and O–H groups in total. The highest BCUT2D eigenvalue weighted by Crippen LogP contribution is 2.40. The van der Waals surface area contributed by atoms with Gasteiger partial charge in [-0.25, -0.2) is 19.4 Å². The molecule has 1 aliphatic heterocycles. The molecule has 1 amide bonds. The number of aromatic nitrogens is 4. The number of ether oxygens (including phenoxy) is 1. The Kier molecular flexibility index (Phi) is 4.82. The van der Waals surface area contributed by atoms with Gasteiger partial charge in [-0.3, -0.25) is 4.90 Å². The number of carbonyl (C=O) groups excluding carboxylic acids is 1. The summed E-state index contributed by atoms with van der Waals surface area (Å²) >= 11 is 0. The standard InChI is InChI=1S/C22H24N6O2/c29-21-27(20-4-1-2-11-23-20)16-22(30-21)9-7-17(8-10-22)14-24-19-6-5-18(15-25-19)28-13-3-12-26-28/h1-6,11-13,15,17H,7-10,14,16H2,(H,24,25). The van der Waals surface area contributed by atoms with Gasteiger partial charge in [0.15, 0.2) is 0 Å². The van der Waals surface area contributed by atoms with E-state index in [1.807, 2.05) is 48.8 Å². The number of amides is 1. The fourth-order valence-corrected chi connectivity index (χ4v) is 4.28. The molecule has 8 nitrogen and oxygen atoms in total. The summed E-state index contributed by atoms with van der Waals surface area (Å²) in [6, 6.07) is 11.4. The van der Waals surface area contributed by atoms with E-state index >= 15 is 0 Å². The molecule has 5 rings (SSSR count). The van der Waals surface area contributed by atoms with E-state index in [0.29, 0.717) is 18.3 Å². The van der Waals surface area contributed by atoms with Crippen LogP contribution in [0.5, 0.6) is 0 Å². The predicted molar refractivity (Wildman–Crippen MR) is 113 cm³/mol. The van der Waals surface area contributed by atoms with E-state index in [2.05, 4.69) is 20.4 Å². The van der Waals surface area contributed by atoms with Crippen molar-refractivity contribution in [2.75, 3.05) is 23.3 Å². The Hall–Kier alpha value is -3.42. The molecule has 3 aromatic heterocycles. The maximum Gasteiger partial charge on any atom is 0.416 e. The molecule has 154 valence electrons. The smallest absolute Gasteiger partial charge is 0.416 e. The lowest BCUT2D eigenvalue weighted by Crippen LogP contribution is -2.39. The second-order valence-electron chi connectivity index (χ2n) is 8.00. The first-order chi connectivity index (χ1) is 14.7. The van der Waals surface area contributed by atoms with Crippen molar-refractivity contribution in [3.05, 3.63) is 61.2 Å². The number of rotatable bonds is 5. The Morgan fingerprint density at radius 3 is 2.70 bits per heavy atom. The van der Waals surface area contributed by atoms with Crippen LogP contribution in [-0.4, -0.2) is 44.5 Å². The highest BCUT2D eigenvalue weighted by Gasteiger charge is 2.47. The third-order valence-electron chi connectivity index (χ3n) is 6.00. The predicted octanol–water partition coefficient (Wildman–Crippen LogP) is 3.66. The van der Waals surface area contributed by atoms with E-state index in [4.69, 9.17) is 4.74 Å². The molecule has 8 heteroatoms. The summed E-state index contributed by atoms with van der Waals surface area (Å²) in [7, 11) is 0. The summed E-state index contributed by atoms with van der Waals surface area (Å²) in [5, 5.41) is 7.65. The highest BCUT2D eigenvalue weighted by atomic mass is 16.6. The molecule has 1 aliphatic carbocycles. The van der Waals surface area contributed by atoms with Crippen LogP contribution in [0, 0.1) is 5.92 Å². The Morgan fingerprint density at radius 2 is 2.00 bits per heavy atom. The first-order valence-electron chi connectivity index (χ1n) is 10.3. The van der Waals surface area contributed by atoms with E-state index < -0.39 is 0 Å². The number of nitrogens with one attached hydrogen (secondary N) is 1. The topological polar surface area (TPSA) is 85.2 Å². The molecule has 30 heavy (non-hydrogen) atoms. The number of pyridine rings is 2. The summed E-state index contributed by atoms with van der Waals surface area (Å²) in [6.45, 7) is 1.45. The van der Waals surface area contributed by atoms with Crippen LogP contribution in [0.1, 0.15) is 25.7 Å². The number of anilines is 2. The summed E-state index contributed by atoms with van der Waals surface area (Å²) in [6.07, 6.45) is 10.7. The largest absolute Gasteiger partial charge is 0.441 e. The molecule has 0 radical (unpaired) electrons. The lowest BCUT2D eigenvalue weighted by Gasteiger charge is -2.35. The van der Waals surface area contributed by atoms with Gasteiger partial charge < -0.3 is 10.1 Å². The molecule has 0 unspecified atom stereocenters. The molecular formula is C22H24N6O2. The maximum absolute atomic E-state index is 12.4. The molecule has 2 fully saturated rings. The fourth-order valence-electron chi connectivity index (χ4n) is 4.28. The van der Waals surface area contributed by atoms with Gasteiger partial charge in [-0.05, 0) is 61.9 Å². The van der Waals surface area contributed by atoms with Gasteiger partial charge in [-0.15, -0.1) is 0 Å². The van der Waals surface area contributed by atoms with Crippen LogP contribution in [0.25, 0.3) is 5.69 Å². The normalized spacial score (nSPS) is 23.5. The zero-order chi connectivity index (χ0) is 20.4. The van der Waals surface area contributed by atoms with Crippen molar-refractivity contribution in [1.29, 1.82) is 0 Å². The zero-order valence-corrected chi connectivity index (χ0v) is 16.6. The van der Waals surface area contributed by atoms with Gasteiger partial charge >= 0.3 is 6.09 Å². The lowest BCUT2D eigenvalue weighted by atomic mass is 9.78. The minimum Gasteiger partial charge on any atom is -0.441 e. The van der Waals surface area contributed by atoms with Crippen LogP contribution < -0.4 is 10.2 Å². The zero-order valence-electron chi connectivity index (χ0n) is 16.6. The molecule has 0 bridgehead atoms. The van der Waals surface area contributed by atoms with E-state index in [9.17, 15) is 4.79 Å².